The van der Waals surface area contributed by atoms with Gasteiger partial charge in [-0.1, -0.05) is 12.1 Å². The number of carbonyl (C=O) groups is 1. The minimum absolute atomic E-state index is 0.126. The van der Waals surface area contributed by atoms with Gasteiger partial charge in [0.15, 0.2) is 11.5 Å². The molecule has 7 nitrogen and oxygen atoms in total. The Morgan fingerprint density at radius 3 is 2.93 bits per heavy atom. The van der Waals surface area contributed by atoms with E-state index in [1.165, 1.54) is 15.6 Å². The molecule has 9 heteroatoms. The molecule has 0 unspecified atom stereocenters. The summed E-state index contributed by atoms with van der Waals surface area (Å²) in [6, 6.07) is 8.86. The predicted octanol–water partition coefficient (Wildman–Crippen LogP) is 2.19. The van der Waals surface area contributed by atoms with Gasteiger partial charge in [-0.15, -0.1) is 11.3 Å². The SMILES string of the molecule is O=C(NCc1ccc2c(c1)OCO2)[C@H]1CCCN(S(=O)(=O)c2cccs2)C1. The van der Waals surface area contributed by atoms with Crippen LogP contribution in [0.2, 0.25) is 0 Å². The van der Waals surface area contributed by atoms with Crippen LogP contribution in [-0.4, -0.2) is 38.5 Å². The van der Waals surface area contributed by atoms with Crippen molar-refractivity contribution in [2.24, 2.45) is 5.92 Å². The van der Waals surface area contributed by atoms with Gasteiger partial charge < -0.3 is 14.8 Å². The molecule has 1 saturated heterocycles. The van der Waals surface area contributed by atoms with E-state index in [9.17, 15) is 13.2 Å². The molecule has 2 aliphatic rings. The highest BCUT2D eigenvalue weighted by Crippen LogP contribution is 2.32. The number of piperidine rings is 1. The van der Waals surface area contributed by atoms with E-state index in [4.69, 9.17) is 9.47 Å². The number of sulfonamides is 1. The summed E-state index contributed by atoms with van der Waals surface area (Å²) < 4.78 is 37.7. The molecule has 1 aromatic carbocycles. The second-order valence-electron chi connectivity index (χ2n) is 6.54. The molecular weight excluding hydrogens is 388 g/mol. The Kier molecular flexibility index (Phi) is 5.07. The van der Waals surface area contributed by atoms with Crippen molar-refractivity contribution in [3.63, 3.8) is 0 Å². The molecule has 0 aliphatic carbocycles. The average Bonchev–Trinajstić information content (AvgIpc) is 3.37. The Morgan fingerprint density at radius 1 is 1.26 bits per heavy atom. The molecule has 0 radical (unpaired) electrons. The van der Waals surface area contributed by atoms with Crippen LogP contribution < -0.4 is 14.8 Å². The quantitative estimate of drug-likeness (QED) is 0.820. The van der Waals surface area contributed by atoms with Crippen LogP contribution in [0.1, 0.15) is 18.4 Å². The third kappa shape index (κ3) is 3.80. The Hall–Kier alpha value is -2.10. The van der Waals surface area contributed by atoms with E-state index in [1.807, 2.05) is 18.2 Å². The van der Waals surface area contributed by atoms with Crippen molar-refractivity contribution in [1.82, 2.24) is 9.62 Å². The highest BCUT2D eigenvalue weighted by atomic mass is 32.2. The van der Waals surface area contributed by atoms with Crippen LogP contribution in [-0.2, 0) is 21.4 Å². The molecule has 0 saturated carbocycles. The summed E-state index contributed by atoms with van der Waals surface area (Å²) in [7, 11) is -3.52. The maximum atomic E-state index is 12.7. The average molecular weight is 409 g/mol. The lowest BCUT2D eigenvalue weighted by Gasteiger charge is -2.30. The fraction of sp³-hybridized carbons (Fsp3) is 0.389. The molecular formula is C18H20N2O5S2. The third-order valence-corrected chi connectivity index (χ3v) is 7.99. The minimum Gasteiger partial charge on any atom is -0.454 e. The van der Waals surface area contributed by atoms with E-state index < -0.39 is 10.0 Å². The molecule has 1 atom stereocenters. The van der Waals surface area contributed by atoms with Crippen LogP contribution in [0, 0.1) is 5.92 Å². The standard InChI is InChI=1S/C18H20N2O5S2/c21-18(19-10-13-5-6-15-16(9-13)25-12-24-15)14-3-1-7-20(11-14)27(22,23)17-4-2-8-26-17/h2,4-6,8-9,14H,1,3,7,10-12H2,(H,19,21)/t14-/m0/s1. The van der Waals surface area contributed by atoms with Crippen LogP contribution in [0.3, 0.4) is 0 Å². The number of nitrogens with one attached hydrogen (secondary N) is 1. The summed E-state index contributed by atoms with van der Waals surface area (Å²) in [4.78, 5) is 12.6. The normalized spacial score (nSPS) is 19.8. The third-order valence-electron chi connectivity index (χ3n) is 4.75. The van der Waals surface area contributed by atoms with Gasteiger partial charge in [-0.3, -0.25) is 4.79 Å². The van der Waals surface area contributed by atoms with E-state index in [0.29, 0.717) is 41.6 Å². The molecule has 1 aromatic heterocycles. The Bertz CT molecular complexity index is 927. The number of rotatable bonds is 5. The summed E-state index contributed by atoms with van der Waals surface area (Å²) in [5.41, 5.74) is 0.909. The number of ether oxygens (including phenoxy) is 2. The second-order valence-corrected chi connectivity index (χ2v) is 9.65. The van der Waals surface area contributed by atoms with Gasteiger partial charge in [0.05, 0.1) is 5.92 Å². The van der Waals surface area contributed by atoms with E-state index >= 15 is 0 Å². The largest absolute Gasteiger partial charge is 0.454 e. The molecule has 3 heterocycles. The summed E-state index contributed by atoms with van der Waals surface area (Å²) in [6.45, 7) is 1.24. The molecule has 0 bridgehead atoms. The number of fused-ring (bicyclic) bond motifs is 1. The van der Waals surface area contributed by atoms with Gasteiger partial charge in [0, 0.05) is 19.6 Å². The molecule has 2 aromatic rings. The van der Waals surface area contributed by atoms with Crippen molar-refractivity contribution in [2.75, 3.05) is 19.9 Å². The number of benzene rings is 1. The van der Waals surface area contributed by atoms with Crippen molar-refractivity contribution in [2.45, 2.75) is 23.6 Å². The van der Waals surface area contributed by atoms with Crippen LogP contribution in [0.5, 0.6) is 11.5 Å². The Morgan fingerprint density at radius 2 is 2.11 bits per heavy atom. The zero-order valence-corrected chi connectivity index (χ0v) is 16.2. The number of hydrogen-bond acceptors (Lipinski definition) is 6. The molecule has 1 amide bonds. The van der Waals surface area contributed by atoms with E-state index in [1.54, 1.807) is 17.5 Å². The maximum absolute atomic E-state index is 12.7. The van der Waals surface area contributed by atoms with E-state index in [0.717, 1.165) is 5.56 Å². The highest BCUT2D eigenvalue weighted by molar-refractivity contribution is 7.91. The molecule has 1 N–H and O–H groups in total. The number of carbonyl (C=O) groups excluding carboxylic acids is 1. The van der Waals surface area contributed by atoms with Crippen LogP contribution in [0.25, 0.3) is 0 Å². The van der Waals surface area contributed by atoms with Gasteiger partial charge in [-0.05, 0) is 42.0 Å². The monoisotopic (exact) mass is 408 g/mol. The summed E-state index contributed by atoms with van der Waals surface area (Å²) in [6.07, 6.45) is 1.36. The number of thiophene rings is 1. The lowest BCUT2D eigenvalue weighted by molar-refractivity contribution is -0.126. The first-order chi connectivity index (χ1) is 13.0. The first-order valence-electron chi connectivity index (χ1n) is 8.74. The van der Waals surface area contributed by atoms with Crippen LogP contribution in [0.15, 0.2) is 39.9 Å². The molecule has 4 rings (SSSR count). The number of amides is 1. The van der Waals surface area contributed by atoms with E-state index in [2.05, 4.69) is 5.32 Å². The van der Waals surface area contributed by atoms with Crippen molar-refractivity contribution in [3.05, 3.63) is 41.3 Å². The zero-order chi connectivity index (χ0) is 18.9. The lowest BCUT2D eigenvalue weighted by atomic mass is 9.98. The second kappa shape index (κ2) is 7.49. The first-order valence-corrected chi connectivity index (χ1v) is 11.1. The summed E-state index contributed by atoms with van der Waals surface area (Å²) in [5, 5.41) is 4.65. The van der Waals surface area contributed by atoms with Crippen molar-refractivity contribution in [3.8, 4) is 11.5 Å². The topological polar surface area (TPSA) is 84.9 Å². The van der Waals surface area contributed by atoms with Crippen molar-refractivity contribution >= 4 is 27.3 Å². The minimum atomic E-state index is -3.52. The molecule has 2 aliphatic heterocycles. The summed E-state index contributed by atoms with van der Waals surface area (Å²) >= 11 is 1.20. The molecule has 27 heavy (non-hydrogen) atoms. The van der Waals surface area contributed by atoms with Gasteiger partial charge in [0.1, 0.15) is 4.21 Å². The predicted molar refractivity (Wildman–Crippen MR) is 100 cm³/mol. The Balaban J connectivity index is 1.37. The zero-order valence-electron chi connectivity index (χ0n) is 14.6. The van der Waals surface area contributed by atoms with Crippen LogP contribution >= 0.6 is 11.3 Å². The number of nitrogens with zero attached hydrogens (tertiary/aromatic N) is 1. The molecule has 144 valence electrons. The molecule has 1 fully saturated rings. The fourth-order valence-corrected chi connectivity index (χ4v) is 5.97. The van der Waals surface area contributed by atoms with Gasteiger partial charge in [0.25, 0.3) is 10.0 Å². The summed E-state index contributed by atoms with van der Waals surface area (Å²) in [5.74, 6) is 0.903. The van der Waals surface area contributed by atoms with Crippen molar-refractivity contribution in [1.29, 1.82) is 0 Å². The highest BCUT2D eigenvalue weighted by Gasteiger charge is 2.33. The molecule has 0 spiro atoms. The fourth-order valence-electron chi connectivity index (χ4n) is 3.30. The maximum Gasteiger partial charge on any atom is 0.252 e. The first kappa shape index (κ1) is 18.3. The van der Waals surface area contributed by atoms with E-state index in [-0.39, 0.29) is 25.2 Å². The van der Waals surface area contributed by atoms with Gasteiger partial charge in [-0.25, -0.2) is 8.42 Å². The number of hydrogen-bond donors (Lipinski definition) is 1. The Labute approximate surface area is 161 Å². The van der Waals surface area contributed by atoms with Gasteiger partial charge in [0.2, 0.25) is 12.7 Å². The van der Waals surface area contributed by atoms with Gasteiger partial charge in [-0.2, -0.15) is 4.31 Å². The lowest BCUT2D eigenvalue weighted by Crippen LogP contribution is -2.45. The smallest absolute Gasteiger partial charge is 0.252 e. The van der Waals surface area contributed by atoms with Gasteiger partial charge >= 0.3 is 0 Å². The van der Waals surface area contributed by atoms with Crippen molar-refractivity contribution < 1.29 is 22.7 Å². The van der Waals surface area contributed by atoms with Crippen LogP contribution in [0.4, 0.5) is 0 Å².